The molecule has 0 atom stereocenters. The predicted octanol–water partition coefficient (Wildman–Crippen LogP) is 3.45. The fourth-order valence-electron chi connectivity index (χ4n) is 3.05. The molecule has 1 fully saturated rings. The fourth-order valence-corrected chi connectivity index (χ4v) is 3.05. The van der Waals surface area contributed by atoms with Crippen LogP contribution in [0.4, 0.5) is 10.1 Å². The number of nitrogens with two attached hydrogens (primary N) is 1. The molecular formula is C16H23FN2O. The van der Waals surface area contributed by atoms with Crippen LogP contribution in [0.1, 0.15) is 49.4 Å². The van der Waals surface area contributed by atoms with Crippen molar-refractivity contribution >= 4 is 11.6 Å². The van der Waals surface area contributed by atoms with Crippen LogP contribution in [0.2, 0.25) is 0 Å². The first-order valence-electron chi connectivity index (χ1n) is 7.34. The highest BCUT2D eigenvalue weighted by Gasteiger charge is 2.26. The first kappa shape index (κ1) is 14.8. The number of rotatable bonds is 3. The van der Waals surface area contributed by atoms with Crippen LogP contribution in [0.5, 0.6) is 0 Å². The maximum atomic E-state index is 13.3. The molecule has 0 radical (unpaired) electrons. The van der Waals surface area contributed by atoms with Crippen LogP contribution >= 0.6 is 0 Å². The van der Waals surface area contributed by atoms with Crippen LogP contribution in [0.25, 0.3) is 0 Å². The van der Waals surface area contributed by atoms with E-state index in [9.17, 15) is 9.18 Å². The number of amides is 1. The Labute approximate surface area is 120 Å². The molecule has 3 nitrogen and oxygen atoms in total. The Morgan fingerprint density at radius 3 is 2.50 bits per heavy atom. The summed E-state index contributed by atoms with van der Waals surface area (Å²) in [6, 6.07) is 4.28. The summed E-state index contributed by atoms with van der Waals surface area (Å²) in [5, 5.41) is 0. The second-order valence-corrected chi connectivity index (χ2v) is 5.77. The van der Waals surface area contributed by atoms with Crippen molar-refractivity contribution in [2.24, 2.45) is 5.92 Å². The van der Waals surface area contributed by atoms with Gasteiger partial charge in [0.05, 0.1) is 0 Å². The maximum absolute atomic E-state index is 13.3. The number of nitrogens with zero attached hydrogens (tertiary/aromatic N) is 1. The third-order valence-corrected chi connectivity index (χ3v) is 4.43. The quantitative estimate of drug-likeness (QED) is 0.861. The summed E-state index contributed by atoms with van der Waals surface area (Å²) in [5.41, 5.74) is 6.23. The van der Waals surface area contributed by atoms with Gasteiger partial charge in [-0.05, 0) is 49.8 Å². The molecule has 0 bridgehead atoms. The molecule has 110 valence electrons. The summed E-state index contributed by atoms with van der Waals surface area (Å²) in [4.78, 5) is 14.2. The lowest BCUT2D eigenvalue weighted by Crippen LogP contribution is -2.39. The SMILES string of the molecule is CCC1CCC(N(C)C(=O)c2cc(N)cc(F)c2)CC1. The van der Waals surface area contributed by atoms with E-state index >= 15 is 0 Å². The zero-order chi connectivity index (χ0) is 14.7. The first-order valence-corrected chi connectivity index (χ1v) is 7.34. The van der Waals surface area contributed by atoms with Crippen molar-refractivity contribution in [3.05, 3.63) is 29.6 Å². The fraction of sp³-hybridized carbons (Fsp3) is 0.562. The van der Waals surface area contributed by atoms with E-state index in [0.29, 0.717) is 5.56 Å². The molecule has 2 N–H and O–H groups in total. The molecule has 1 aromatic carbocycles. The molecular weight excluding hydrogens is 255 g/mol. The average molecular weight is 278 g/mol. The van der Waals surface area contributed by atoms with Gasteiger partial charge in [0.15, 0.2) is 0 Å². The number of hydrogen-bond acceptors (Lipinski definition) is 2. The van der Waals surface area contributed by atoms with Crippen molar-refractivity contribution in [2.45, 2.75) is 45.1 Å². The molecule has 0 aromatic heterocycles. The predicted molar refractivity (Wildman–Crippen MR) is 78.9 cm³/mol. The zero-order valence-corrected chi connectivity index (χ0v) is 12.2. The van der Waals surface area contributed by atoms with E-state index in [0.717, 1.165) is 18.8 Å². The number of carbonyl (C=O) groups is 1. The Morgan fingerprint density at radius 1 is 1.30 bits per heavy atom. The Balaban J connectivity index is 2.05. The van der Waals surface area contributed by atoms with E-state index in [1.165, 1.54) is 31.4 Å². The molecule has 0 aliphatic heterocycles. The van der Waals surface area contributed by atoms with Gasteiger partial charge in [0.1, 0.15) is 5.82 Å². The second kappa shape index (κ2) is 6.25. The third kappa shape index (κ3) is 3.30. The Bertz CT molecular complexity index is 461. The van der Waals surface area contributed by atoms with Gasteiger partial charge in [0.25, 0.3) is 5.91 Å². The molecule has 20 heavy (non-hydrogen) atoms. The third-order valence-electron chi connectivity index (χ3n) is 4.43. The van der Waals surface area contributed by atoms with Gasteiger partial charge < -0.3 is 10.6 Å². The number of carbonyl (C=O) groups excluding carboxylic acids is 1. The Hall–Kier alpha value is -1.58. The van der Waals surface area contributed by atoms with E-state index < -0.39 is 5.82 Å². The van der Waals surface area contributed by atoms with Crippen molar-refractivity contribution in [1.29, 1.82) is 0 Å². The monoisotopic (exact) mass is 278 g/mol. The highest BCUT2D eigenvalue weighted by atomic mass is 19.1. The van der Waals surface area contributed by atoms with Gasteiger partial charge in [-0.2, -0.15) is 0 Å². The van der Waals surface area contributed by atoms with Gasteiger partial charge in [0.2, 0.25) is 0 Å². The summed E-state index contributed by atoms with van der Waals surface area (Å²) < 4.78 is 13.3. The van der Waals surface area contributed by atoms with Crippen LogP contribution in [0, 0.1) is 11.7 Å². The molecule has 2 rings (SSSR count). The number of hydrogen-bond donors (Lipinski definition) is 1. The minimum Gasteiger partial charge on any atom is -0.399 e. The van der Waals surface area contributed by atoms with Crippen molar-refractivity contribution in [3.63, 3.8) is 0 Å². The lowest BCUT2D eigenvalue weighted by molar-refractivity contribution is 0.0674. The molecule has 0 heterocycles. The molecule has 0 spiro atoms. The lowest BCUT2D eigenvalue weighted by atomic mass is 9.84. The van der Waals surface area contributed by atoms with Crippen molar-refractivity contribution in [1.82, 2.24) is 4.90 Å². The van der Waals surface area contributed by atoms with Gasteiger partial charge in [-0.15, -0.1) is 0 Å². The van der Waals surface area contributed by atoms with Crippen LogP contribution < -0.4 is 5.73 Å². The van der Waals surface area contributed by atoms with E-state index in [1.54, 1.807) is 18.0 Å². The van der Waals surface area contributed by atoms with Crippen molar-refractivity contribution in [2.75, 3.05) is 12.8 Å². The molecule has 0 unspecified atom stereocenters. The number of halogens is 1. The van der Waals surface area contributed by atoms with Crippen LogP contribution in [0.3, 0.4) is 0 Å². The Morgan fingerprint density at radius 2 is 1.95 bits per heavy atom. The van der Waals surface area contributed by atoms with Gasteiger partial charge in [-0.3, -0.25) is 4.79 Å². The van der Waals surface area contributed by atoms with Crippen molar-refractivity contribution in [3.8, 4) is 0 Å². The average Bonchev–Trinajstić information content (AvgIpc) is 2.45. The van der Waals surface area contributed by atoms with E-state index in [-0.39, 0.29) is 17.6 Å². The Kier molecular flexibility index (Phi) is 4.63. The second-order valence-electron chi connectivity index (χ2n) is 5.77. The van der Waals surface area contributed by atoms with Crippen LogP contribution in [-0.4, -0.2) is 23.9 Å². The topological polar surface area (TPSA) is 46.3 Å². The van der Waals surface area contributed by atoms with Gasteiger partial charge in [-0.1, -0.05) is 13.3 Å². The number of nitrogen functional groups attached to an aromatic ring is 1. The highest BCUT2D eigenvalue weighted by molar-refractivity contribution is 5.95. The van der Waals surface area contributed by atoms with Gasteiger partial charge in [0, 0.05) is 24.3 Å². The zero-order valence-electron chi connectivity index (χ0n) is 12.2. The summed E-state index contributed by atoms with van der Waals surface area (Å²) in [7, 11) is 1.81. The minimum absolute atomic E-state index is 0.142. The van der Waals surface area contributed by atoms with E-state index in [1.807, 2.05) is 0 Å². The highest BCUT2D eigenvalue weighted by Crippen LogP contribution is 2.29. The van der Waals surface area contributed by atoms with Crippen LogP contribution in [0.15, 0.2) is 18.2 Å². The number of anilines is 1. The molecule has 1 aliphatic carbocycles. The minimum atomic E-state index is -0.462. The molecule has 0 saturated heterocycles. The number of benzene rings is 1. The molecule has 1 aliphatic rings. The molecule has 1 amide bonds. The summed E-state index contributed by atoms with van der Waals surface area (Å²) >= 11 is 0. The maximum Gasteiger partial charge on any atom is 0.254 e. The van der Waals surface area contributed by atoms with E-state index in [2.05, 4.69) is 6.92 Å². The van der Waals surface area contributed by atoms with Crippen LogP contribution in [-0.2, 0) is 0 Å². The normalized spacial score (nSPS) is 22.6. The summed E-state index contributed by atoms with van der Waals surface area (Å²) in [5.74, 6) is 0.187. The molecule has 1 saturated carbocycles. The largest absolute Gasteiger partial charge is 0.399 e. The standard InChI is InChI=1S/C16H23FN2O/c1-3-11-4-6-15(7-5-11)19(2)16(20)12-8-13(17)10-14(18)9-12/h8-11,15H,3-7,18H2,1-2H3. The van der Waals surface area contributed by atoms with Gasteiger partial charge >= 0.3 is 0 Å². The lowest BCUT2D eigenvalue weighted by Gasteiger charge is -2.34. The van der Waals surface area contributed by atoms with Gasteiger partial charge in [-0.25, -0.2) is 4.39 Å². The van der Waals surface area contributed by atoms with Crippen molar-refractivity contribution < 1.29 is 9.18 Å². The molecule has 1 aromatic rings. The summed E-state index contributed by atoms with van der Waals surface area (Å²) in [6.07, 6.45) is 5.62. The molecule has 4 heteroatoms. The smallest absolute Gasteiger partial charge is 0.254 e. The van der Waals surface area contributed by atoms with E-state index in [4.69, 9.17) is 5.73 Å². The summed E-state index contributed by atoms with van der Waals surface area (Å²) in [6.45, 7) is 2.22. The first-order chi connectivity index (χ1) is 9.51.